The summed E-state index contributed by atoms with van der Waals surface area (Å²) >= 11 is 0. The van der Waals surface area contributed by atoms with Gasteiger partial charge in [0.2, 0.25) is 0 Å². The average molecular weight is 262 g/mol. The number of aryl methyl sites for hydroxylation is 1. The topological polar surface area (TPSA) is 47.1 Å². The van der Waals surface area contributed by atoms with Gasteiger partial charge in [0.1, 0.15) is 11.6 Å². The van der Waals surface area contributed by atoms with Gasteiger partial charge in [0.25, 0.3) is 0 Å². The van der Waals surface area contributed by atoms with E-state index in [9.17, 15) is 4.39 Å². The van der Waals surface area contributed by atoms with Crippen LogP contribution < -0.4 is 10.6 Å². The first-order valence-electron chi connectivity index (χ1n) is 6.28. The van der Waals surface area contributed by atoms with Gasteiger partial charge < -0.3 is 15.2 Å². The number of rotatable bonds is 5. The summed E-state index contributed by atoms with van der Waals surface area (Å²) < 4.78 is 15.8. The van der Waals surface area contributed by atoms with Crippen LogP contribution in [-0.2, 0) is 20.0 Å². The van der Waals surface area contributed by atoms with E-state index < -0.39 is 0 Å². The van der Waals surface area contributed by atoms with Gasteiger partial charge in [-0.1, -0.05) is 6.07 Å². The molecule has 0 radical (unpaired) electrons. The van der Waals surface area contributed by atoms with E-state index in [1.807, 2.05) is 35.8 Å². The number of hydrogen-bond donors (Lipinski definition) is 1. The molecule has 1 heterocycles. The highest BCUT2D eigenvalue weighted by atomic mass is 19.1. The first-order chi connectivity index (χ1) is 9.13. The Kier molecular flexibility index (Phi) is 4.16. The van der Waals surface area contributed by atoms with Gasteiger partial charge in [-0.25, -0.2) is 9.37 Å². The molecule has 0 unspecified atom stereocenters. The molecule has 0 aliphatic carbocycles. The monoisotopic (exact) mass is 262 g/mol. The van der Waals surface area contributed by atoms with Crippen LogP contribution in [0.3, 0.4) is 0 Å². The van der Waals surface area contributed by atoms with Crippen LogP contribution in [0.5, 0.6) is 0 Å². The Balaban J connectivity index is 2.26. The lowest BCUT2D eigenvalue weighted by molar-refractivity contribution is 0.608. The maximum absolute atomic E-state index is 13.9. The molecule has 5 heteroatoms. The van der Waals surface area contributed by atoms with Crippen molar-refractivity contribution in [2.24, 2.45) is 12.8 Å². The van der Waals surface area contributed by atoms with Crippen LogP contribution in [0, 0.1) is 5.82 Å². The molecule has 0 saturated carbocycles. The normalized spacial score (nSPS) is 10.7. The van der Waals surface area contributed by atoms with Crippen LogP contribution in [0.2, 0.25) is 0 Å². The third kappa shape index (κ3) is 2.93. The van der Waals surface area contributed by atoms with E-state index in [0.29, 0.717) is 25.1 Å². The second kappa shape index (κ2) is 5.84. The summed E-state index contributed by atoms with van der Waals surface area (Å²) in [6.45, 7) is 1.06. The van der Waals surface area contributed by atoms with E-state index in [2.05, 4.69) is 4.98 Å². The fourth-order valence-electron chi connectivity index (χ4n) is 2.14. The number of halogens is 1. The molecule has 2 N–H and O–H groups in total. The van der Waals surface area contributed by atoms with Crippen molar-refractivity contribution in [1.29, 1.82) is 0 Å². The molecule has 0 aliphatic heterocycles. The van der Waals surface area contributed by atoms with Gasteiger partial charge in [-0.15, -0.1) is 0 Å². The predicted molar refractivity (Wildman–Crippen MR) is 74.5 cm³/mol. The lowest BCUT2D eigenvalue weighted by Gasteiger charge is -2.22. The molecule has 2 rings (SSSR count). The minimum Gasteiger partial charge on any atom is -0.367 e. The van der Waals surface area contributed by atoms with Crippen LogP contribution in [-0.4, -0.2) is 23.1 Å². The smallest absolute Gasteiger partial charge is 0.128 e. The molecule has 0 amide bonds. The van der Waals surface area contributed by atoms with Crippen molar-refractivity contribution in [3.05, 3.63) is 47.8 Å². The highest BCUT2D eigenvalue weighted by Gasteiger charge is 2.13. The zero-order valence-electron chi connectivity index (χ0n) is 11.3. The van der Waals surface area contributed by atoms with Crippen molar-refractivity contribution in [3.63, 3.8) is 0 Å². The second-order valence-corrected chi connectivity index (χ2v) is 4.59. The van der Waals surface area contributed by atoms with Crippen molar-refractivity contribution >= 4 is 5.69 Å². The third-order valence-electron chi connectivity index (χ3n) is 3.20. The van der Waals surface area contributed by atoms with E-state index in [4.69, 9.17) is 5.73 Å². The summed E-state index contributed by atoms with van der Waals surface area (Å²) in [6, 6.07) is 5.11. The summed E-state index contributed by atoms with van der Waals surface area (Å²) in [4.78, 5) is 6.28. The SMILES string of the molecule is CN(Cc1nccn1C)c1cccc(F)c1CCN. The Morgan fingerprint density at radius 3 is 2.84 bits per heavy atom. The minimum atomic E-state index is -0.199. The summed E-state index contributed by atoms with van der Waals surface area (Å²) in [6.07, 6.45) is 4.19. The van der Waals surface area contributed by atoms with Gasteiger partial charge in [-0.3, -0.25) is 0 Å². The second-order valence-electron chi connectivity index (χ2n) is 4.59. The van der Waals surface area contributed by atoms with Gasteiger partial charge in [0, 0.05) is 37.7 Å². The molecule has 0 fully saturated rings. The van der Waals surface area contributed by atoms with Crippen molar-refractivity contribution in [2.45, 2.75) is 13.0 Å². The largest absolute Gasteiger partial charge is 0.367 e. The maximum Gasteiger partial charge on any atom is 0.128 e. The number of benzene rings is 1. The number of aromatic nitrogens is 2. The van der Waals surface area contributed by atoms with Crippen molar-refractivity contribution in [2.75, 3.05) is 18.5 Å². The Hall–Kier alpha value is -1.88. The Labute approximate surface area is 112 Å². The number of nitrogens with zero attached hydrogens (tertiary/aromatic N) is 3. The fourth-order valence-corrected chi connectivity index (χ4v) is 2.14. The minimum absolute atomic E-state index is 0.199. The Morgan fingerprint density at radius 2 is 2.21 bits per heavy atom. The number of imidazole rings is 1. The molecule has 102 valence electrons. The zero-order valence-corrected chi connectivity index (χ0v) is 11.3. The highest BCUT2D eigenvalue weighted by molar-refractivity contribution is 5.53. The first-order valence-corrected chi connectivity index (χ1v) is 6.28. The van der Waals surface area contributed by atoms with Crippen LogP contribution in [0.15, 0.2) is 30.6 Å². The fraction of sp³-hybridized carbons (Fsp3) is 0.357. The quantitative estimate of drug-likeness (QED) is 0.892. The molecule has 0 saturated heterocycles. The molecule has 0 spiro atoms. The molecule has 0 bridgehead atoms. The standard InChI is InChI=1S/C14H19FN4/c1-18-9-8-17-14(18)10-19(2)13-5-3-4-12(15)11(13)6-7-16/h3-5,8-9H,6-7,10,16H2,1-2H3. The van der Waals surface area contributed by atoms with Crippen molar-refractivity contribution in [3.8, 4) is 0 Å². The summed E-state index contributed by atoms with van der Waals surface area (Å²) in [5.41, 5.74) is 7.09. The molecule has 0 atom stereocenters. The summed E-state index contributed by atoms with van der Waals surface area (Å²) in [7, 11) is 3.88. The molecular formula is C14H19FN4. The maximum atomic E-state index is 13.9. The zero-order chi connectivity index (χ0) is 13.8. The van der Waals surface area contributed by atoms with Crippen LogP contribution >= 0.6 is 0 Å². The van der Waals surface area contributed by atoms with E-state index in [1.165, 1.54) is 6.07 Å². The van der Waals surface area contributed by atoms with Gasteiger partial charge in [-0.2, -0.15) is 0 Å². The van der Waals surface area contributed by atoms with Gasteiger partial charge in [0.05, 0.1) is 6.54 Å². The highest BCUT2D eigenvalue weighted by Crippen LogP contribution is 2.23. The van der Waals surface area contributed by atoms with Crippen molar-refractivity contribution in [1.82, 2.24) is 9.55 Å². The third-order valence-corrected chi connectivity index (χ3v) is 3.20. The van der Waals surface area contributed by atoms with E-state index >= 15 is 0 Å². The van der Waals surface area contributed by atoms with Crippen LogP contribution in [0.4, 0.5) is 10.1 Å². The molecule has 1 aromatic carbocycles. The molecule has 1 aromatic heterocycles. The van der Waals surface area contributed by atoms with E-state index in [-0.39, 0.29) is 5.82 Å². The summed E-state index contributed by atoms with van der Waals surface area (Å²) in [5, 5.41) is 0. The predicted octanol–water partition coefficient (Wildman–Crippen LogP) is 1.70. The molecule has 2 aromatic rings. The first kappa shape index (κ1) is 13.5. The van der Waals surface area contributed by atoms with Crippen LogP contribution in [0.1, 0.15) is 11.4 Å². The lowest BCUT2D eigenvalue weighted by atomic mass is 10.1. The molecule has 0 aliphatic rings. The van der Waals surface area contributed by atoms with E-state index in [1.54, 1.807) is 12.3 Å². The van der Waals surface area contributed by atoms with Gasteiger partial charge in [0.15, 0.2) is 0 Å². The van der Waals surface area contributed by atoms with E-state index in [0.717, 1.165) is 11.5 Å². The van der Waals surface area contributed by atoms with Gasteiger partial charge in [-0.05, 0) is 25.1 Å². The lowest BCUT2D eigenvalue weighted by Crippen LogP contribution is -2.21. The van der Waals surface area contributed by atoms with Crippen LogP contribution in [0.25, 0.3) is 0 Å². The molecular weight excluding hydrogens is 243 g/mol. The number of anilines is 1. The summed E-state index contributed by atoms with van der Waals surface area (Å²) in [5.74, 6) is 0.736. The Bertz CT molecular complexity index is 550. The van der Waals surface area contributed by atoms with Gasteiger partial charge >= 0.3 is 0 Å². The van der Waals surface area contributed by atoms with Crippen molar-refractivity contribution < 1.29 is 4.39 Å². The molecule has 4 nitrogen and oxygen atoms in total. The average Bonchev–Trinajstić information content (AvgIpc) is 2.78. The number of nitrogens with two attached hydrogens (primary N) is 1. The Morgan fingerprint density at radius 1 is 1.42 bits per heavy atom. The molecule has 19 heavy (non-hydrogen) atoms. The number of hydrogen-bond acceptors (Lipinski definition) is 3.